The molecule has 0 fully saturated rings. The highest BCUT2D eigenvalue weighted by molar-refractivity contribution is 9.10. The van der Waals surface area contributed by atoms with Crippen molar-refractivity contribution in [2.75, 3.05) is 7.11 Å². The van der Waals surface area contributed by atoms with E-state index in [0.717, 1.165) is 23.1 Å². The predicted octanol–water partition coefficient (Wildman–Crippen LogP) is 6.80. The number of aliphatic imine (C=N–C) groups is 1. The zero-order chi connectivity index (χ0) is 24.7. The molecule has 180 valence electrons. The lowest BCUT2D eigenvalue weighted by Crippen LogP contribution is -2.23. The summed E-state index contributed by atoms with van der Waals surface area (Å²) in [6.45, 7) is 0.723. The first kappa shape index (κ1) is 23.5. The van der Waals surface area contributed by atoms with E-state index in [0.29, 0.717) is 39.5 Å². The molecule has 1 aliphatic rings. The van der Waals surface area contributed by atoms with Crippen molar-refractivity contribution in [2.45, 2.75) is 19.3 Å². The monoisotopic (exact) mass is 565 g/mol. The number of methoxy groups -OCH3 is 1. The van der Waals surface area contributed by atoms with Crippen LogP contribution in [-0.2, 0) is 19.3 Å². The molecule has 0 unspecified atom stereocenters. The Bertz CT molecular complexity index is 1430. The van der Waals surface area contributed by atoms with Gasteiger partial charge in [-0.25, -0.2) is 9.38 Å². The molecule has 2 aromatic heterocycles. The van der Waals surface area contributed by atoms with Crippen molar-refractivity contribution >= 4 is 39.3 Å². The second kappa shape index (κ2) is 9.08. The summed E-state index contributed by atoms with van der Waals surface area (Å²) in [6.07, 6.45) is -2.94. The molecule has 0 bridgehead atoms. The van der Waals surface area contributed by atoms with Crippen LogP contribution in [0.5, 0.6) is 5.75 Å². The Kier molecular flexibility index (Phi) is 6.09. The highest BCUT2D eigenvalue weighted by Crippen LogP contribution is 2.42. The lowest BCUT2D eigenvalue weighted by Gasteiger charge is -2.21. The summed E-state index contributed by atoms with van der Waals surface area (Å²) in [7, 11) is 1.31. The average molecular weight is 566 g/mol. The molecule has 1 N–H and O–H groups in total. The number of alkyl halides is 3. The van der Waals surface area contributed by atoms with Gasteiger partial charge in [0.1, 0.15) is 27.3 Å². The summed E-state index contributed by atoms with van der Waals surface area (Å²) in [4.78, 5) is 9.55. The van der Waals surface area contributed by atoms with Gasteiger partial charge in [-0.15, -0.1) is 10.2 Å². The average Bonchev–Trinajstić information content (AvgIpc) is 3.42. The smallest absolute Gasteiger partial charge is 0.417 e. The van der Waals surface area contributed by atoms with Gasteiger partial charge in [-0.3, -0.25) is 0 Å². The number of ether oxygens (including phenoxy) is 1. The van der Waals surface area contributed by atoms with E-state index in [1.54, 1.807) is 24.5 Å². The number of benzene rings is 2. The minimum Gasteiger partial charge on any atom is -0.497 e. The summed E-state index contributed by atoms with van der Waals surface area (Å²) in [5.41, 5.74) is 1.57. The zero-order valence-electron chi connectivity index (χ0n) is 18.0. The molecule has 0 saturated heterocycles. The molecular weight excluding hydrogens is 550 g/mol. The van der Waals surface area contributed by atoms with Gasteiger partial charge < -0.3 is 14.6 Å². The Morgan fingerprint density at radius 2 is 1.94 bits per heavy atom. The van der Waals surface area contributed by atoms with Crippen LogP contribution in [0.1, 0.15) is 16.3 Å². The maximum Gasteiger partial charge on any atom is 0.417 e. The number of aromatic amines is 1. The highest BCUT2D eigenvalue weighted by Gasteiger charge is 2.35. The van der Waals surface area contributed by atoms with E-state index in [9.17, 15) is 17.6 Å². The van der Waals surface area contributed by atoms with Crippen LogP contribution in [-0.4, -0.2) is 33.5 Å². The molecule has 6 nitrogen and oxygen atoms in total. The molecule has 0 amide bonds. The fourth-order valence-electron chi connectivity index (χ4n) is 3.77. The molecule has 12 heteroatoms. The molecule has 0 atom stereocenters. The fraction of sp³-hybridized carbons (Fsp3) is 0.174. The maximum absolute atomic E-state index is 14.3. The van der Waals surface area contributed by atoms with E-state index in [-0.39, 0.29) is 22.1 Å². The van der Waals surface area contributed by atoms with Crippen molar-refractivity contribution in [3.63, 3.8) is 0 Å². The lowest BCUT2D eigenvalue weighted by molar-refractivity contribution is -0.137. The van der Waals surface area contributed by atoms with E-state index >= 15 is 0 Å². The van der Waals surface area contributed by atoms with Crippen molar-refractivity contribution < 1.29 is 22.3 Å². The molecule has 3 heterocycles. The summed E-state index contributed by atoms with van der Waals surface area (Å²) in [6, 6.07) is 10.2. The van der Waals surface area contributed by atoms with Crippen LogP contribution in [0.4, 0.5) is 23.2 Å². The SMILES string of the molecule is COc1ccc(-c2nnc(CN3C=Nc4c([nH]c(-c5ccccc5F)c4Br)C3)s2)c(C(F)(F)F)c1. The second-order valence-electron chi connectivity index (χ2n) is 7.68. The molecular formula is C23H16BrF4N5OS. The second-order valence-corrected chi connectivity index (χ2v) is 9.54. The number of nitrogens with zero attached hydrogens (tertiary/aromatic N) is 4. The van der Waals surface area contributed by atoms with Crippen LogP contribution in [0.3, 0.4) is 0 Å². The summed E-state index contributed by atoms with van der Waals surface area (Å²) in [5.74, 6) is -0.246. The van der Waals surface area contributed by atoms with E-state index in [2.05, 4.69) is 36.1 Å². The first-order chi connectivity index (χ1) is 16.7. The number of fused-ring (bicyclic) bond motifs is 1. The minimum absolute atomic E-state index is 0.0560. The third kappa shape index (κ3) is 4.55. The first-order valence-corrected chi connectivity index (χ1v) is 11.9. The van der Waals surface area contributed by atoms with Gasteiger partial charge in [0.15, 0.2) is 0 Å². The number of rotatable bonds is 5. The van der Waals surface area contributed by atoms with Crippen molar-refractivity contribution in [1.82, 2.24) is 20.1 Å². The normalized spacial score (nSPS) is 13.3. The van der Waals surface area contributed by atoms with E-state index in [1.807, 2.05) is 4.90 Å². The third-order valence-corrected chi connectivity index (χ3v) is 7.12. The van der Waals surface area contributed by atoms with Gasteiger partial charge in [-0.2, -0.15) is 13.2 Å². The van der Waals surface area contributed by atoms with Crippen LogP contribution in [0.2, 0.25) is 0 Å². The largest absolute Gasteiger partial charge is 0.497 e. The zero-order valence-corrected chi connectivity index (χ0v) is 20.4. The Morgan fingerprint density at radius 3 is 2.69 bits per heavy atom. The Balaban J connectivity index is 1.37. The summed E-state index contributed by atoms with van der Waals surface area (Å²) >= 11 is 4.58. The molecule has 1 aliphatic heterocycles. The van der Waals surface area contributed by atoms with E-state index < -0.39 is 11.7 Å². The van der Waals surface area contributed by atoms with Crippen molar-refractivity contribution in [3.8, 4) is 27.6 Å². The molecule has 0 radical (unpaired) electrons. The molecule has 2 aromatic carbocycles. The molecule has 5 rings (SSSR count). The van der Waals surface area contributed by atoms with Crippen LogP contribution in [0.25, 0.3) is 21.8 Å². The first-order valence-electron chi connectivity index (χ1n) is 10.3. The van der Waals surface area contributed by atoms with Crippen LogP contribution in [0.15, 0.2) is 51.9 Å². The number of halogens is 5. The van der Waals surface area contributed by atoms with Gasteiger partial charge in [-0.05, 0) is 46.3 Å². The van der Waals surface area contributed by atoms with Crippen molar-refractivity contribution in [3.05, 3.63) is 69.0 Å². The fourth-order valence-corrected chi connectivity index (χ4v) is 5.33. The van der Waals surface area contributed by atoms with Crippen molar-refractivity contribution in [2.24, 2.45) is 4.99 Å². The molecule has 0 aliphatic carbocycles. The number of H-pyrrole nitrogens is 1. The topological polar surface area (TPSA) is 66.4 Å². The Hall–Kier alpha value is -3.25. The lowest BCUT2D eigenvalue weighted by atomic mass is 10.1. The van der Waals surface area contributed by atoms with Crippen LogP contribution in [0, 0.1) is 5.82 Å². The molecule has 35 heavy (non-hydrogen) atoms. The number of nitrogens with one attached hydrogen (secondary N) is 1. The van der Waals surface area contributed by atoms with Gasteiger partial charge >= 0.3 is 6.18 Å². The highest BCUT2D eigenvalue weighted by atomic mass is 79.9. The van der Waals surface area contributed by atoms with Crippen molar-refractivity contribution in [1.29, 1.82) is 0 Å². The van der Waals surface area contributed by atoms with Crippen LogP contribution < -0.4 is 4.74 Å². The van der Waals surface area contributed by atoms with Gasteiger partial charge in [0.2, 0.25) is 0 Å². The van der Waals surface area contributed by atoms with Gasteiger partial charge in [0, 0.05) is 11.1 Å². The Labute approximate surface area is 209 Å². The molecule has 0 saturated carbocycles. The molecule has 4 aromatic rings. The van der Waals surface area contributed by atoms with E-state index in [4.69, 9.17) is 4.74 Å². The quantitative estimate of drug-likeness (QED) is 0.270. The third-order valence-electron chi connectivity index (χ3n) is 5.41. The summed E-state index contributed by atoms with van der Waals surface area (Å²) in [5, 5.41) is 8.77. The van der Waals surface area contributed by atoms with Gasteiger partial charge in [-0.1, -0.05) is 23.5 Å². The van der Waals surface area contributed by atoms with Gasteiger partial charge in [0.25, 0.3) is 0 Å². The Morgan fingerprint density at radius 1 is 1.14 bits per heavy atom. The number of hydrogen-bond acceptors (Lipinski definition) is 6. The van der Waals surface area contributed by atoms with E-state index in [1.165, 1.54) is 25.3 Å². The predicted molar refractivity (Wildman–Crippen MR) is 128 cm³/mol. The summed E-state index contributed by atoms with van der Waals surface area (Å²) < 4.78 is 60.7. The number of aromatic nitrogens is 3. The standard InChI is InChI=1S/C23H16BrF4N5OS/c1-34-12-6-7-13(15(8-12)23(26,27)28)22-32-31-18(35-22)10-33-9-17-21(29-11-33)19(24)20(30-17)14-4-2-3-5-16(14)25/h2-8,11,30H,9-10H2,1H3. The number of hydrogen-bond donors (Lipinski definition) is 1. The minimum atomic E-state index is -4.57. The maximum atomic E-state index is 14.3. The molecule has 0 spiro atoms. The van der Waals surface area contributed by atoms with Crippen LogP contribution >= 0.6 is 27.3 Å². The van der Waals surface area contributed by atoms with Gasteiger partial charge in [0.05, 0.1) is 48.0 Å².